The van der Waals surface area contributed by atoms with Crippen LogP contribution in [0.2, 0.25) is 0 Å². The average molecular weight is 372 g/mol. The number of amides is 2. The van der Waals surface area contributed by atoms with E-state index in [0.717, 1.165) is 28.3 Å². The fourth-order valence-electron chi connectivity index (χ4n) is 2.75. The summed E-state index contributed by atoms with van der Waals surface area (Å²) < 4.78 is 5.22. The van der Waals surface area contributed by atoms with E-state index in [1.807, 2.05) is 97.9 Å². The van der Waals surface area contributed by atoms with Crippen molar-refractivity contribution in [2.75, 3.05) is 23.9 Å². The number of carbonyl (C=O) groups excluding carboxylic acids is 1. The Morgan fingerprint density at radius 3 is 2.29 bits per heavy atom. The van der Waals surface area contributed by atoms with Crippen molar-refractivity contribution in [1.29, 1.82) is 0 Å². The highest BCUT2D eigenvalue weighted by Gasteiger charge is 2.15. The van der Waals surface area contributed by atoms with Gasteiger partial charge in [-0.15, -0.1) is 0 Å². The molecule has 3 aromatic carbocycles. The number of carbonyl (C=O) groups is 1. The van der Waals surface area contributed by atoms with Gasteiger partial charge in [0.15, 0.2) is 0 Å². The first kappa shape index (κ1) is 19.2. The minimum absolute atomic E-state index is 0.188. The Hall–Kier alpha value is -3.53. The number of nitrogens with one attached hydrogen (secondary N) is 1. The predicted molar refractivity (Wildman–Crippen MR) is 116 cm³/mol. The first-order valence-electron chi connectivity index (χ1n) is 9.16. The number of hydrogen-bond acceptors (Lipinski definition) is 2. The fourth-order valence-corrected chi connectivity index (χ4v) is 2.75. The highest BCUT2D eigenvalue weighted by molar-refractivity contribution is 6.02. The van der Waals surface area contributed by atoms with Crippen molar-refractivity contribution in [1.82, 2.24) is 0 Å². The van der Waals surface area contributed by atoms with Gasteiger partial charge in [0.05, 0.1) is 7.11 Å². The lowest BCUT2D eigenvalue weighted by molar-refractivity contribution is 0.257. The number of rotatable bonds is 6. The molecule has 28 heavy (non-hydrogen) atoms. The third-order valence-corrected chi connectivity index (χ3v) is 4.33. The van der Waals surface area contributed by atoms with Crippen LogP contribution in [-0.4, -0.2) is 19.7 Å². The Kier molecular flexibility index (Phi) is 6.47. The van der Waals surface area contributed by atoms with Crippen molar-refractivity contribution in [3.63, 3.8) is 0 Å². The van der Waals surface area contributed by atoms with E-state index in [1.165, 1.54) is 0 Å². The van der Waals surface area contributed by atoms with Gasteiger partial charge in [-0.2, -0.15) is 0 Å². The van der Waals surface area contributed by atoms with E-state index in [4.69, 9.17) is 4.74 Å². The number of benzene rings is 3. The second-order valence-electron chi connectivity index (χ2n) is 6.42. The number of methoxy groups -OCH3 is 1. The summed E-state index contributed by atoms with van der Waals surface area (Å²) in [6.07, 6.45) is 3.99. The van der Waals surface area contributed by atoms with E-state index in [1.54, 1.807) is 12.0 Å². The molecule has 2 amide bonds. The van der Waals surface area contributed by atoms with Crippen molar-refractivity contribution in [2.45, 2.75) is 6.92 Å². The van der Waals surface area contributed by atoms with Crippen molar-refractivity contribution in [3.05, 3.63) is 96.1 Å². The van der Waals surface area contributed by atoms with Gasteiger partial charge in [-0.1, -0.05) is 60.2 Å². The molecule has 0 bridgehead atoms. The number of hydrogen-bond donors (Lipinski definition) is 1. The third kappa shape index (κ3) is 5.24. The third-order valence-electron chi connectivity index (χ3n) is 4.33. The van der Waals surface area contributed by atoms with E-state index in [9.17, 15) is 4.79 Å². The van der Waals surface area contributed by atoms with Crippen LogP contribution in [0.1, 0.15) is 11.1 Å². The molecular formula is C24H24N2O2. The maximum Gasteiger partial charge on any atom is 0.326 e. The summed E-state index contributed by atoms with van der Waals surface area (Å²) in [5.41, 5.74) is 3.80. The summed E-state index contributed by atoms with van der Waals surface area (Å²) in [7, 11) is 1.62. The quantitative estimate of drug-likeness (QED) is 0.598. The molecule has 0 fully saturated rings. The number of urea groups is 1. The minimum Gasteiger partial charge on any atom is -0.497 e. The van der Waals surface area contributed by atoms with Crippen molar-refractivity contribution in [2.24, 2.45) is 0 Å². The molecule has 0 aromatic heterocycles. The molecule has 0 unspecified atom stereocenters. The Bertz CT molecular complexity index is 917. The van der Waals surface area contributed by atoms with Crippen LogP contribution >= 0.6 is 0 Å². The fraction of sp³-hybridized carbons (Fsp3) is 0.125. The molecule has 0 radical (unpaired) electrons. The SMILES string of the molecule is COc1ccc(N(C/C=C/c2ccccc2)C(=O)Nc2ccc(C)cc2)cc1. The lowest BCUT2D eigenvalue weighted by Gasteiger charge is -2.22. The first-order valence-corrected chi connectivity index (χ1v) is 9.16. The molecule has 0 heterocycles. The van der Waals surface area contributed by atoms with Gasteiger partial charge >= 0.3 is 6.03 Å². The zero-order chi connectivity index (χ0) is 19.8. The van der Waals surface area contributed by atoms with Crippen LogP contribution < -0.4 is 15.0 Å². The van der Waals surface area contributed by atoms with Gasteiger partial charge in [0, 0.05) is 17.9 Å². The summed E-state index contributed by atoms with van der Waals surface area (Å²) in [5, 5.41) is 2.97. The van der Waals surface area contributed by atoms with Crippen LogP contribution in [0.3, 0.4) is 0 Å². The van der Waals surface area contributed by atoms with Crippen LogP contribution in [0.5, 0.6) is 5.75 Å². The Labute approximate surface area is 166 Å². The molecule has 0 aliphatic rings. The molecule has 142 valence electrons. The van der Waals surface area contributed by atoms with Gasteiger partial charge < -0.3 is 10.1 Å². The highest BCUT2D eigenvalue weighted by atomic mass is 16.5. The second-order valence-corrected chi connectivity index (χ2v) is 6.42. The molecule has 0 aliphatic heterocycles. The van der Waals surface area contributed by atoms with Gasteiger partial charge in [-0.25, -0.2) is 4.79 Å². The number of aryl methyl sites for hydroxylation is 1. The average Bonchev–Trinajstić information content (AvgIpc) is 2.74. The zero-order valence-electron chi connectivity index (χ0n) is 16.1. The molecule has 0 saturated heterocycles. The summed E-state index contributed by atoms with van der Waals surface area (Å²) in [6, 6.07) is 25.0. The van der Waals surface area contributed by atoms with Crippen LogP contribution in [0.15, 0.2) is 84.9 Å². The van der Waals surface area contributed by atoms with Gasteiger partial charge in [-0.05, 0) is 48.9 Å². The number of nitrogens with zero attached hydrogens (tertiary/aromatic N) is 1. The van der Waals surface area contributed by atoms with Crippen molar-refractivity contribution >= 4 is 23.5 Å². The smallest absolute Gasteiger partial charge is 0.326 e. The topological polar surface area (TPSA) is 41.6 Å². The maximum absolute atomic E-state index is 12.9. The molecule has 4 nitrogen and oxygen atoms in total. The van der Waals surface area contributed by atoms with Gasteiger partial charge in [0.2, 0.25) is 0 Å². The van der Waals surface area contributed by atoms with Crippen LogP contribution in [0, 0.1) is 6.92 Å². The molecule has 0 aliphatic carbocycles. The van der Waals surface area contributed by atoms with E-state index in [2.05, 4.69) is 5.32 Å². The Morgan fingerprint density at radius 1 is 0.964 bits per heavy atom. The Balaban J connectivity index is 1.79. The molecule has 1 N–H and O–H groups in total. The lowest BCUT2D eigenvalue weighted by atomic mass is 10.2. The normalized spacial score (nSPS) is 10.6. The van der Waals surface area contributed by atoms with Gasteiger partial charge in [-0.3, -0.25) is 4.90 Å². The van der Waals surface area contributed by atoms with Crippen LogP contribution in [-0.2, 0) is 0 Å². The van der Waals surface area contributed by atoms with E-state index >= 15 is 0 Å². The molecule has 0 saturated carbocycles. The summed E-state index contributed by atoms with van der Waals surface area (Å²) >= 11 is 0. The summed E-state index contributed by atoms with van der Waals surface area (Å²) in [5.74, 6) is 0.752. The van der Waals surface area contributed by atoms with E-state index in [0.29, 0.717) is 6.54 Å². The predicted octanol–water partition coefficient (Wildman–Crippen LogP) is 5.76. The van der Waals surface area contributed by atoms with Gasteiger partial charge in [0.25, 0.3) is 0 Å². The van der Waals surface area contributed by atoms with E-state index < -0.39 is 0 Å². The monoisotopic (exact) mass is 372 g/mol. The van der Waals surface area contributed by atoms with E-state index in [-0.39, 0.29) is 6.03 Å². The van der Waals surface area contributed by atoms with Crippen molar-refractivity contribution < 1.29 is 9.53 Å². The molecule has 3 rings (SSSR count). The zero-order valence-corrected chi connectivity index (χ0v) is 16.1. The van der Waals surface area contributed by atoms with Gasteiger partial charge in [0.1, 0.15) is 5.75 Å². The minimum atomic E-state index is -0.188. The van der Waals surface area contributed by atoms with Crippen molar-refractivity contribution in [3.8, 4) is 5.75 Å². The van der Waals surface area contributed by atoms with Crippen LogP contribution in [0.4, 0.5) is 16.2 Å². The van der Waals surface area contributed by atoms with Crippen LogP contribution in [0.25, 0.3) is 6.08 Å². The molecule has 3 aromatic rings. The molecule has 4 heteroatoms. The first-order chi connectivity index (χ1) is 13.7. The standard InChI is InChI=1S/C24H24N2O2/c1-19-10-12-21(13-11-19)25-24(27)26(22-14-16-23(28-2)17-15-22)18-6-9-20-7-4-3-5-8-20/h3-17H,18H2,1-2H3,(H,25,27)/b9-6+. The number of ether oxygens (including phenoxy) is 1. The summed E-state index contributed by atoms with van der Waals surface area (Å²) in [6.45, 7) is 2.46. The largest absolute Gasteiger partial charge is 0.497 e. The highest BCUT2D eigenvalue weighted by Crippen LogP contribution is 2.21. The molecular weight excluding hydrogens is 348 g/mol. The molecule has 0 atom stereocenters. The lowest BCUT2D eigenvalue weighted by Crippen LogP contribution is -2.35. The molecule has 0 spiro atoms. The maximum atomic E-state index is 12.9. The summed E-state index contributed by atoms with van der Waals surface area (Å²) in [4.78, 5) is 14.6. The Morgan fingerprint density at radius 2 is 1.64 bits per heavy atom. The number of anilines is 2. The second kappa shape index (κ2) is 9.42.